The number of morpholine rings is 1. The number of halogens is 1. The summed E-state index contributed by atoms with van der Waals surface area (Å²) in [6.07, 6.45) is 1.44. The minimum absolute atomic E-state index is 0.0382. The van der Waals surface area contributed by atoms with Crippen molar-refractivity contribution in [3.8, 4) is 0 Å². The SMILES string of the molecule is CCC(=O)N1CCN(c2cc(Cl)nc(SCC(=O)NCCCN3CCOCC3)n2)CC1. The number of nitrogens with zero attached hydrogens (tertiary/aromatic N) is 5. The van der Waals surface area contributed by atoms with E-state index in [4.69, 9.17) is 16.3 Å². The number of thioether (sulfide) groups is 1. The van der Waals surface area contributed by atoms with Crippen molar-refractivity contribution in [2.45, 2.75) is 24.9 Å². The summed E-state index contributed by atoms with van der Waals surface area (Å²) in [6, 6.07) is 1.73. The Hall–Kier alpha value is -1.62. The van der Waals surface area contributed by atoms with Crippen molar-refractivity contribution in [1.82, 2.24) is 25.1 Å². The number of hydrogen-bond acceptors (Lipinski definition) is 8. The lowest BCUT2D eigenvalue weighted by Crippen LogP contribution is -2.48. The van der Waals surface area contributed by atoms with Gasteiger partial charge in [-0.3, -0.25) is 14.5 Å². The zero-order valence-electron chi connectivity index (χ0n) is 18.0. The third kappa shape index (κ3) is 7.78. The molecule has 0 aromatic carbocycles. The number of nitrogens with one attached hydrogen (secondary N) is 1. The Kier molecular flexibility index (Phi) is 9.63. The number of hydrogen-bond donors (Lipinski definition) is 1. The highest BCUT2D eigenvalue weighted by molar-refractivity contribution is 7.99. The Morgan fingerprint density at radius 3 is 2.61 bits per heavy atom. The molecule has 0 unspecified atom stereocenters. The van der Waals surface area contributed by atoms with E-state index in [0.717, 1.165) is 45.1 Å². The molecule has 0 saturated carbocycles. The molecule has 1 aromatic rings. The molecule has 3 rings (SSSR count). The van der Waals surface area contributed by atoms with Gasteiger partial charge in [0.05, 0.1) is 19.0 Å². The highest BCUT2D eigenvalue weighted by Gasteiger charge is 2.22. The van der Waals surface area contributed by atoms with Crippen LogP contribution in [0.5, 0.6) is 0 Å². The molecule has 0 atom stereocenters. The Bertz CT molecular complexity index is 742. The molecule has 0 bridgehead atoms. The molecule has 2 aliphatic rings. The van der Waals surface area contributed by atoms with Gasteiger partial charge in [-0.05, 0) is 13.0 Å². The van der Waals surface area contributed by atoms with Crippen LogP contribution in [0.15, 0.2) is 11.2 Å². The third-order valence-electron chi connectivity index (χ3n) is 5.33. The van der Waals surface area contributed by atoms with Crippen molar-refractivity contribution in [2.24, 2.45) is 0 Å². The Morgan fingerprint density at radius 2 is 1.90 bits per heavy atom. The molecule has 2 fully saturated rings. The Balaban J connectivity index is 1.40. The number of piperazine rings is 1. The van der Waals surface area contributed by atoms with Gasteiger partial charge in [0.1, 0.15) is 11.0 Å². The molecule has 2 aliphatic heterocycles. The van der Waals surface area contributed by atoms with E-state index in [1.807, 2.05) is 11.8 Å². The maximum absolute atomic E-state index is 12.2. The molecule has 0 radical (unpaired) electrons. The first-order valence-electron chi connectivity index (χ1n) is 10.8. The van der Waals surface area contributed by atoms with Crippen molar-refractivity contribution in [2.75, 3.05) is 76.2 Å². The maximum atomic E-state index is 12.2. The van der Waals surface area contributed by atoms with E-state index >= 15 is 0 Å². The summed E-state index contributed by atoms with van der Waals surface area (Å²) in [5, 5.41) is 3.79. The van der Waals surface area contributed by atoms with Gasteiger partial charge in [0.15, 0.2) is 5.16 Å². The first-order chi connectivity index (χ1) is 15.0. The summed E-state index contributed by atoms with van der Waals surface area (Å²) >= 11 is 7.47. The summed E-state index contributed by atoms with van der Waals surface area (Å²) in [4.78, 5) is 39.2. The summed E-state index contributed by atoms with van der Waals surface area (Å²) in [7, 11) is 0. The van der Waals surface area contributed by atoms with Gasteiger partial charge < -0.3 is 19.9 Å². The molecule has 1 N–H and O–H groups in total. The second-order valence-corrected chi connectivity index (χ2v) is 8.83. The van der Waals surface area contributed by atoms with Crippen LogP contribution in [0, 0.1) is 0 Å². The van der Waals surface area contributed by atoms with Gasteiger partial charge in [-0.25, -0.2) is 9.97 Å². The molecule has 31 heavy (non-hydrogen) atoms. The topological polar surface area (TPSA) is 90.9 Å². The zero-order chi connectivity index (χ0) is 22.1. The van der Waals surface area contributed by atoms with Crippen LogP contribution in [-0.2, 0) is 14.3 Å². The van der Waals surface area contributed by atoms with E-state index in [9.17, 15) is 9.59 Å². The molecule has 1 aromatic heterocycles. The number of amides is 2. The molecule has 2 saturated heterocycles. The van der Waals surface area contributed by atoms with Crippen LogP contribution < -0.4 is 10.2 Å². The molecule has 2 amide bonds. The fourth-order valence-corrected chi connectivity index (χ4v) is 4.47. The molecule has 3 heterocycles. The largest absolute Gasteiger partial charge is 0.379 e. The molecular formula is C20H31ClN6O3S. The maximum Gasteiger partial charge on any atom is 0.230 e. The van der Waals surface area contributed by atoms with Crippen LogP contribution >= 0.6 is 23.4 Å². The number of ether oxygens (including phenoxy) is 1. The lowest BCUT2D eigenvalue weighted by atomic mass is 10.3. The second kappa shape index (κ2) is 12.4. The van der Waals surface area contributed by atoms with Gasteiger partial charge in [0.25, 0.3) is 0 Å². The van der Waals surface area contributed by atoms with Crippen LogP contribution in [0.3, 0.4) is 0 Å². The predicted octanol–water partition coefficient (Wildman–Crippen LogP) is 1.12. The lowest BCUT2D eigenvalue weighted by Gasteiger charge is -2.35. The fraction of sp³-hybridized carbons (Fsp3) is 0.700. The standard InChI is InChI=1S/C20H31ClN6O3S/c1-2-19(29)27-8-6-26(7-9-27)17-14-16(21)23-20(24-17)31-15-18(28)22-4-3-5-25-10-12-30-13-11-25/h14H,2-13,15H2,1H3,(H,22,28). The van der Waals surface area contributed by atoms with E-state index in [0.29, 0.717) is 49.5 Å². The minimum Gasteiger partial charge on any atom is -0.379 e. The third-order valence-corrected chi connectivity index (χ3v) is 6.37. The fourth-order valence-electron chi connectivity index (χ4n) is 3.56. The smallest absolute Gasteiger partial charge is 0.230 e. The van der Waals surface area contributed by atoms with Gasteiger partial charge in [-0.1, -0.05) is 30.3 Å². The molecule has 9 nitrogen and oxygen atoms in total. The van der Waals surface area contributed by atoms with Gasteiger partial charge in [0, 0.05) is 58.3 Å². The van der Waals surface area contributed by atoms with Crippen LogP contribution in [0.4, 0.5) is 5.82 Å². The highest BCUT2D eigenvalue weighted by atomic mass is 35.5. The quantitative estimate of drug-likeness (QED) is 0.248. The van der Waals surface area contributed by atoms with E-state index in [-0.39, 0.29) is 17.6 Å². The average Bonchev–Trinajstić information content (AvgIpc) is 2.80. The van der Waals surface area contributed by atoms with E-state index < -0.39 is 0 Å². The van der Waals surface area contributed by atoms with Crippen molar-refractivity contribution in [1.29, 1.82) is 0 Å². The van der Waals surface area contributed by atoms with E-state index in [1.165, 1.54) is 11.8 Å². The van der Waals surface area contributed by atoms with Crippen molar-refractivity contribution >= 4 is 41.0 Å². The molecule has 11 heteroatoms. The predicted molar refractivity (Wildman–Crippen MR) is 122 cm³/mol. The summed E-state index contributed by atoms with van der Waals surface area (Å²) in [5.74, 6) is 1.12. The number of aromatic nitrogens is 2. The summed E-state index contributed by atoms with van der Waals surface area (Å²) < 4.78 is 5.34. The average molecular weight is 471 g/mol. The van der Waals surface area contributed by atoms with Crippen molar-refractivity contribution in [3.05, 3.63) is 11.2 Å². The number of anilines is 1. The second-order valence-electron chi connectivity index (χ2n) is 7.50. The van der Waals surface area contributed by atoms with Gasteiger partial charge in [-0.2, -0.15) is 0 Å². The monoisotopic (exact) mass is 470 g/mol. The molecule has 172 valence electrons. The lowest BCUT2D eigenvalue weighted by molar-refractivity contribution is -0.131. The number of rotatable bonds is 9. The first kappa shape index (κ1) is 24.0. The van der Waals surface area contributed by atoms with Crippen LogP contribution in [-0.4, -0.2) is 103 Å². The number of carbonyl (C=O) groups is 2. The molecule has 0 aliphatic carbocycles. The van der Waals surface area contributed by atoms with Gasteiger partial charge >= 0.3 is 0 Å². The van der Waals surface area contributed by atoms with E-state index in [2.05, 4.69) is 25.1 Å². The zero-order valence-corrected chi connectivity index (χ0v) is 19.6. The van der Waals surface area contributed by atoms with Crippen molar-refractivity contribution < 1.29 is 14.3 Å². The molecule has 0 spiro atoms. The molecular weight excluding hydrogens is 440 g/mol. The van der Waals surface area contributed by atoms with Crippen LogP contribution in [0.25, 0.3) is 0 Å². The van der Waals surface area contributed by atoms with Crippen LogP contribution in [0.2, 0.25) is 5.15 Å². The normalized spacial score (nSPS) is 17.6. The number of carbonyl (C=O) groups excluding carboxylic acids is 2. The van der Waals surface area contributed by atoms with Crippen LogP contribution in [0.1, 0.15) is 19.8 Å². The minimum atomic E-state index is -0.0382. The van der Waals surface area contributed by atoms with Gasteiger partial charge in [-0.15, -0.1) is 0 Å². The first-order valence-corrected chi connectivity index (χ1v) is 12.2. The van der Waals surface area contributed by atoms with Crippen molar-refractivity contribution in [3.63, 3.8) is 0 Å². The summed E-state index contributed by atoms with van der Waals surface area (Å²) in [6.45, 7) is 9.74. The summed E-state index contributed by atoms with van der Waals surface area (Å²) in [5.41, 5.74) is 0. The van der Waals surface area contributed by atoms with E-state index in [1.54, 1.807) is 6.07 Å². The Labute approximate surface area is 192 Å². The highest BCUT2D eigenvalue weighted by Crippen LogP contribution is 2.23. The Morgan fingerprint density at radius 1 is 1.16 bits per heavy atom. The van der Waals surface area contributed by atoms with Gasteiger partial charge in [0.2, 0.25) is 11.8 Å².